The third-order valence-electron chi connectivity index (χ3n) is 1.59. The molecule has 0 saturated heterocycles. The second-order valence-electron chi connectivity index (χ2n) is 2.67. The van der Waals surface area contributed by atoms with Crippen molar-refractivity contribution in [1.82, 2.24) is 0 Å². The lowest BCUT2D eigenvalue weighted by molar-refractivity contribution is -0.480. The molecule has 0 heterocycles. The van der Waals surface area contributed by atoms with Crippen molar-refractivity contribution in [1.29, 1.82) is 0 Å². The lowest BCUT2D eigenvalue weighted by Crippen LogP contribution is -1.99. The number of nitro groups is 1. The van der Waals surface area contributed by atoms with Crippen molar-refractivity contribution in [2.45, 2.75) is 45.4 Å². The molecule has 0 radical (unpaired) electrons. The molecule has 0 spiro atoms. The summed E-state index contributed by atoms with van der Waals surface area (Å²) in [6, 6.07) is 0. The number of unbranched alkanes of at least 4 members (excludes halogenated alkanes) is 4. The second-order valence-corrected chi connectivity index (χ2v) is 2.67. The van der Waals surface area contributed by atoms with Gasteiger partial charge in [-0.2, -0.15) is 0 Å². The van der Waals surface area contributed by atoms with Crippen LogP contribution in [0.25, 0.3) is 0 Å². The largest absolute Gasteiger partial charge is 0.265 e. The Morgan fingerprint density at radius 3 is 2.36 bits per heavy atom. The predicted octanol–water partition coefficient (Wildman–Crippen LogP) is 2.62. The molecular formula is C8H17NO2. The zero-order valence-corrected chi connectivity index (χ0v) is 7.08. The minimum absolute atomic E-state index is 0.400. The molecular weight excluding hydrogens is 142 g/mol. The van der Waals surface area contributed by atoms with E-state index in [9.17, 15) is 10.1 Å². The van der Waals surface area contributed by atoms with Gasteiger partial charge in [0.15, 0.2) is 0 Å². The smallest absolute Gasteiger partial charge is 0.203 e. The SMILES string of the molecule is [2H][C@@H](CCCCCCC)[N+](=O)[O-]. The first-order chi connectivity index (χ1) is 5.68. The van der Waals surface area contributed by atoms with E-state index in [1.807, 2.05) is 0 Å². The highest BCUT2D eigenvalue weighted by Gasteiger charge is 1.95. The van der Waals surface area contributed by atoms with Crippen LogP contribution < -0.4 is 0 Å². The van der Waals surface area contributed by atoms with Crippen LogP contribution in [0.15, 0.2) is 0 Å². The molecule has 0 bridgehead atoms. The fraction of sp³-hybridized carbons (Fsp3) is 1.00. The van der Waals surface area contributed by atoms with Gasteiger partial charge in [-0.05, 0) is 6.42 Å². The highest BCUT2D eigenvalue weighted by atomic mass is 16.6. The van der Waals surface area contributed by atoms with Crippen molar-refractivity contribution in [3.8, 4) is 0 Å². The van der Waals surface area contributed by atoms with Crippen LogP contribution in [0.5, 0.6) is 0 Å². The van der Waals surface area contributed by atoms with Crippen molar-refractivity contribution < 1.29 is 6.29 Å². The van der Waals surface area contributed by atoms with E-state index in [4.69, 9.17) is 1.37 Å². The van der Waals surface area contributed by atoms with Crippen LogP contribution in [0, 0.1) is 10.1 Å². The van der Waals surface area contributed by atoms with Crippen LogP contribution in [0.3, 0.4) is 0 Å². The first-order valence-electron chi connectivity index (χ1n) is 4.82. The fourth-order valence-electron chi connectivity index (χ4n) is 0.945. The summed E-state index contributed by atoms with van der Waals surface area (Å²) in [7, 11) is 0. The Balaban J connectivity index is 3.14. The van der Waals surface area contributed by atoms with E-state index in [1.54, 1.807) is 0 Å². The Hall–Kier alpha value is -0.600. The van der Waals surface area contributed by atoms with Gasteiger partial charge < -0.3 is 0 Å². The van der Waals surface area contributed by atoms with Gasteiger partial charge in [0.05, 0.1) is 0 Å². The molecule has 0 aliphatic carbocycles. The number of hydrogen-bond donors (Lipinski definition) is 0. The Bertz CT molecular complexity index is 130. The molecule has 3 heteroatoms. The average molecular weight is 160 g/mol. The van der Waals surface area contributed by atoms with Crippen LogP contribution >= 0.6 is 0 Å². The van der Waals surface area contributed by atoms with Gasteiger partial charge in [0.25, 0.3) is 0 Å². The highest BCUT2D eigenvalue weighted by molar-refractivity contribution is 4.42. The van der Waals surface area contributed by atoms with Gasteiger partial charge >= 0.3 is 0 Å². The summed E-state index contributed by atoms with van der Waals surface area (Å²) < 4.78 is 7.01. The van der Waals surface area contributed by atoms with Crippen LogP contribution in [0.4, 0.5) is 0 Å². The molecule has 0 aromatic rings. The third-order valence-corrected chi connectivity index (χ3v) is 1.59. The molecule has 0 unspecified atom stereocenters. The molecule has 66 valence electrons. The van der Waals surface area contributed by atoms with Gasteiger partial charge in [-0.25, -0.2) is 0 Å². The standard InChI is InChI=1S/C8H17NO2/c1-2-3-4-5-6-7-8-9(10)11/h2-8H2,1H3/i8D/t8-/m0/s1. The lowest BCUT2D eigenvalue weighted by Gasteiger charge is -1.96. The number of rotatable bonds is 7. The summed E-state index contributed by atoms with van der Waals surface area (Å²) in [5, 5.41) is 10.0. The van der Waals surface area contributed by atoms with E-state index >= 15 is 0 Å². The van der Waals surface area contributed by atoms with Gasteiger partial charge in [0, 0.05) is 11.3 Å². The molecule has 0 fully saturated rings. The average Bonchev–Trinajstić information content (AvgIpc) is 2.03. The Labute approximate surface area is 69.4 Å². The van der Waals surface area contributed by atoms with Gasteiger partial charge in [-0.1, -0.05) is 32.6 Å². The summed E-state index contributed by atoms with van der Waals surface area (Å²) in [6.07, 6.45) is 5.75. The zero-order chi connectivity index (χ0) is 9.40. The van der Waals surface area contributed by atoms with Gasteiger partial charge in [-0.3, -0.25) is 10.1 Å². The van der Waals surface area contributed by atoms with Gasteiger partial charge in [0.1, 0.15) is 1.37 Å². The molecule has 0 aliphatic rings. The topological polar surface area (TPSA) is 43.1 Å². The van der Waals surface area contributed by atoms with E-state index in [1.165, 1.54) is 12.8 Å². The van der Waals surface area contributed by atoms with E-state index in [2.05, 4.69) is 6.92 Å². The van der Waals surface area contributed by atoms with E-state index < -0.39 is 11.4 Å². The zero-order valence-electron chi connectivity index (χ0n) is 8.08. The Kier molecular flexibility index (Phi) is 5.80. The fourth-order valence-corrected chi connectivity index (χ4v) is 0.945. The molecule has 0 amide bonds. The molecule has 0 aliphatic heterocycles. The minimum atomic E-state index is -1.10. The molecule has 0 saturated carbocycles. The first-order valence-corrected chi connectivity index (χ1v) is 4.24. The number of nitrogens with zero attached hydrogens (tertiary/aromatic N) is 1. The van der Waals surface area contributed by atoms with Crippen molar-refractivity contribution in [3.63, 3.8) is 0 Å². The van der Waals surface area contributed by atoms with Crippen molar-refractivity contribution in [2.75, 3.05) is 6.52 Å². The van der Waals surface area contributed by atoms with Gasteiger partial charge in [-0.15, -0.1) is 0 Å². The summed E-state index contributed by atoms with van der Waals surface area (Å²) in [5.41, 5.74) is 0. The van der Waals surface area contributed by atoms with Crippen molar-refractivity contribution >= 4 is 0 Å². The quantitative estimate of drug-likeness (QED) is 0.326. The monoisotopic (exact) mass is 160 g/mol. The van der Waals surface area contributed by atoms with Crippen LogP contribution in [0.2, 0.25) is 0 Å². The molecule has 0 N–H and O–H groups in total. The summed E-state index contributed by atoms with van der Waals surface area (Å²) >= 11 is 0. The molecule has 11 heavy (non-hydrogen) atoms. The molecule has 0 rings (SSSR count). The van der Waals surface area contributed by atoms with E-state index in [-0.39, 0.29) is 0 Å². The molecule has 3 nitrogen and oxygen atoms in total. The van der Waals surface area contributed by atoms with Crippen LogP contribution in [-0.2, 0) is 0 Å². The van der Waals surface area contributed by atoms with Crippen molar-refractivity contribution in [3.05, 3.63) is 10.1 Å². The Morgan fingerprint density at radius 2 is 1.82 bits per heavy atom. The van der Waals surface area contributed by atoms with Gasteiger partial charge in [0.2, 0.25) is 6.52 Å². The Morgan fingerprint density at radius 1 is 1.27 bits per heavy atom. The third kappa shape index (κ3) is 9.40. The minimum Gasteiger partial charge on any atom is -0.265 e. The summed E-state index contributed by atoms with van der Waals surface area (Å²) in [5.74, 6) is 0. The maximum absolute atomic E-state index is 10.0. The second kappa shape index (κ2) is 7.51. The lowest BCUT2D eigenvalue weighted by atomic mass is 10.1. The van der Waals surface area contributed by atoms with E-state index in [0.717, 1.165) is 19.3 Å². The molecule has 0 aromatic heterocycles. The maximum Gasteiger partial charge on any atom is 0.203 e. The summed E-state index contributed by atoms with van der Waals surface area (Å²) in [4.78, 5) is 9.51. The van der Waals surface area contributed by atoms with Crippen LogP contribution in [0.1, 0.15) is 46.8 Å². The normalized spacial score (nSPS) is 14.1. The molecule has 1 atom stereocenters. The van der Waals surface area contributed by atoms with Crippen LogP contribution in [-0.4, -0.2) is 11.4 Å². The predicted molar refractivity (Wildman–Crippen MR) is 45.2 cm³/mol. The summed E-state index contributed by atoms with van der Waals surface area (Å²) in [6.45, 7) is 1.02. The van der Waals surface area contributed by atoms with Crippen molar-refractivity contribution in [2.24, 2.45) is 0 Å². The first kappa shape index (κ1) is 8.50. The molecule has 0 aromatic carbocycles. The maximum atomic E-state index is 10.0. The number of hydrogen-bond acceptors (Lipinski definition) is 2. The highest BCUT2D eigenvalue weighted by Crippen LogP contribution is 2.04. The van der Waals surface area contributed by atoms with E-state index in [0.29, 0.717) is 6.42 Å².